The Bertz CT molecular complexity index is 401. The molecule has 5 heteroatoms. The number of rotatable bonds is 5. The van der Waals surface area contributed by atoms with Gasteiger partial charge in [-0.25, -0.2) is 0 Å². The third kappa shape index (κ3) is 2.67. The number of nitrogens with one attached hydrogen (secondary N) is 1. The molecule has 1 amide bonds. The number of aromatic nitrogens is 2. The van der Waals surface area contributed by atoms with Crippen molar-refractivity contribution in [2.45, 2.75) is 31.2 Å². The van der Waals surface area contributed by atoms with Crippen LogP contribution in [0.1, 0.15) is 25.0 Å². The van der Waals surface area contributed by atoms with Crippen LogP contribution in [0.4, 0.5) is 0 Å². The van der Waals surface area contributed by atoms with E-state index in [4.69, 9.17) is 0 Å². The van der Waals surface area contributed by atoms with Crippen LogP contribution >= 0.6 is 0 Å². The normalized spacial score (nSPS) is 22.3. The molecule has 18 heavy (non-hydrogen) atoms. The van der Waals surface area contributed by atoms with Gasteiger partial charge in [0.05, 0.1) is 11.2 Å². The first-order valence-corrected chi connectivity index (χ1v) is 6.36. The molecule has 1 aromatic rings. The predicted molar refractivity (Wildman–Crippen MR) is 69.0 cm³/mol. The summed E-state index contributed by atoms with van der Waals surface area (Å²) in [4.78, 5) is 22.1. The Hall–Kier alpha value is -1.49. The minimum Gasteiger partial charge on any atom is -0.347 e. The molecule has 1 saturated heterocycles. The molecule has 0 unspecified atom stereocenters. The highest BCUT2D eigenvalue weighted by Crippen LogP contribution is 2.27. The maximum absolute atomic E-state index is 12.1. The minimum atomic E-state index is -0.328. The van der Waals surface area contributed by atoms with Crippen molar-refractivity contribution in [1.82, 2.24) is 20.2 Å². The summed E-state index contributed by atoms with van der Waals surface area (Å²) in [6.45, 7) is 0.935. The summed E-state index contributed by atoms with van der Waals surface area (Å²) >= 11 is 0. The zero-order valence-electron chi connectivity index (χ0n) is 11.0. The molecule has 0 radical (unpaired) electrons. The molecule has 5 nitrogen and oxygen atoms in total. The van der Waals surface area contributed by atoms with Gasteiger partial charge in [0, 0.05) is 32.7 Å². The minimum absolute atomic E-state index is 0.188. The van der Waals surface area contributed by atoms with Gasteiger partial charge in [0.15, 0.2) is 0 Å². The number of amides is 1. The van der Waals surface area contributed by atoms with Crippen LogP contribution in [0, 0.1) is 0 Å². The van der Waals surface area contributed by atoms with E-state index < -0.39 is 0 Å². The smallest absolute Gasteiger partial charge is 0.242 e. The zero-order chi connectivity index (χ0) is 13.0. The Morgan fingerprint density at radius 1 is 1.50 bits per heavy atom. The molecule has 1 atom stereocenters. The highest BCUT2D eigenvalue weighted by Gasteiger charge is 2.43. The first-order valence-electron chi connectivity index (χ1n) is 6.36. The van der Waals surface area contributed by atoms with Crippen molar-refractivity contribution < 1.29 is 4.79 Å². The second-order valence-corrected chi connectivity index (χ2v) is 5.01. The van der Waals surface area contributed by atoms with Gasteiger partial charge in [-0.3, -0.25) is 14.8 Å². The highest BCUT2D eigenvalue weighted by molar-refractivity contribution is 5.87. The average molecular weight is 248 g/mol. The van der Waals surface area contributed by atoms with Crippen LogP contribution in [0.3, 0.4) is 0 Å². The van der Waals surface area contributed by atoms with Crippen LogP contribution in [0.25, 0.3) is 0 Å². The maximum Gasteiger partial charge on any atom is 0.242 e. The Labute approximate surface area is 108 Å². The molecular formula is C13H20N4O. The third-order valence-electron chi connectivity index (χ3n) is 3.48. The summed E-state index contributed by atoms with van der Waals surface area (Å²) in [5.41, 5.74) is 0.662. The summed E-state index contributed by atoms with van der Waals surface area (Å²) in [6.07, 6.45) is 8.79. The lowest BCUT2D eigenvalue weighted by Crippen LogP contribution is -2.65. The molecule has 1 fully saturated rings. The van der Waals surface area contributed by atoms with E-state index in [1.807, 2.05) is 14.1 Å². The first-order chi connectivity index (χ1) is 8.64. The fourth-order valence-corrected chi connectivity index (χ4v) is 2.39. The lowest BCUT2D eigenvalue weighted by Gasteiger charge is -2.43. The summed E-state index contributed by atoms with van der Waals surface area (Å²) in [5.74, 6) is 0.188. The molecule has 2 rings (SSSR count). The summed E-state index contributed by atoms with van der Waals surface area (Å²) in [5, 5.41) is 3.30. The van der Waals surface area contributed by atoms with Gasteiger partial charge in [-0.05, 0) is 32.2 Å². The van der Waals surface area contributed by atoms with Gasteiger partial charge in [-0.1, -0.05) is 0 Å². The lowest BCUT2D eigenvalue weighted by molar-refractivity contribution is -0.139. The molecule has 1 aliphatic heterocycles. The highest BCUT2D eigenvalue weighted by atomic mass is 16.2. The van der Waals surface area contributed by atoms with E-state index >= 15 is 0 Å². The molecular weight excluding hydrogens is 228 g/mol. The van der Waals surface area contributed by atoms with Crippen molar-refractivity contribution in [3.63, 3.8) is 0 Å². The molecule has 1 aromatic heterocycles. The fourth-order valence-electron chi connectivity index (χ4n) is 2.39. The van der Waals surface area contributed by atoms with Crippen LogP contribution in [0.15, 0.2) is 18.6 Å². The second-order valence-electron chi connectivity index (χ2n) is 5.01. The molecule has 0 spiro atoms. The molecule has 1 aliphatic rings. The van der Waals surface area contributed by atoms with Crippen molar-refractivity contribution in [1.29, 1.82) is 0 Å². The number of nitrogens with zero attached hydrogens (tertiary/aromatic N) is 3. The third-order valence-corrected chi connectivity index (χ3v) is 3.48. The zero-order valence-corrected chi connectivity index (χ0v) is 11.0. The monoisotopic (exact) mass is 248 g/mol. The average Bonchev–Trinajstić information content (AvgIpc) is 2.33. The van der Waals surface area contributed by atoms with Crippen LogP contribution in [0.2, 0.25) is 0 Å². The molecule has 98 valence electrons. The number of aryl methyl sites for hydroxylation is 1. The van der Waals surface area contributed by atoms with Gasteiger partial charge in [0.25, 0.3) is 0 Å². The standard InChI is InChI=1S/C13H20N4O/c1-17(2)12(18)13(6-7-16-13)5-3-4-11-10-14-8-9-15-11/h8-10,16H,3-7H2,1-2H3/t13-/m0/s1. The first kappa shape index (κ1) is 13.0. The predicted octanol–water partition coefficient (Wildman–Crippen LogP) is 0.620. The van der Waals surface area contributed by atoms with Crippen molar-refractivity contribution in [2.75, 3.05) is 20.6 Å². The van der Waals surface area contributed by atoms with Gasteiger partial charge in [0.1, 0.15) is 0 Å². The number of carbonyl (C=O) groups excluding carboxylic acids is 1. The number of hydrogen-bond donors (Lipinski definition) is 1. The maximum atomic E-state index is 12.1. The van der Waals surface area contributed by atoms with Gasteiger partial charge in [-0.2, -0.15) is 0 Å². The molecule has 1 N–H and O–H groups in total. The number of carbonyl (C=O) groups is 1. The van der Waals surface area contributed by atoms with Gasteiger partial charge < -0.3 is 10.2 Å². The van der Waals surface area contributed by atoms with Crippen molar-refractivity contribution in [3.05, 3.63) is 24.3 Å². The van der Waals surface area contributed by atoms with Crippen LogP contribution in [0.5, 0.6) is 0 Å². The Kier molecular flexibility index (Phi) is 3.91. The summed E-state index contributed by atoms with van der Waals surface area (Å²) < 4.78 is 0. The second kappa shape index (κ2) is 5.44. The molecule has 0 saturated carbocycles. The SMILES string of the molecule is CN(C)C(=O)[C@]1(CCCc2cnccn2)CCN1. The van der Waals surface area contributed by atoms with E-state index in [9.17, 15) is 4.79 Å². The number of hydrogen-bond acceptors (Lipinski definition) is 4. The molecule has 0 aliphatic carbocycles. The Balaban J connectivity index is 1.86. The quantitative estimate of drug-likeness (QED) is 0.830. The van der Waals surface area contributed by atoms with E-state index in [0.717, 1.165) is 37.9 Å². The molecule has 0 aromatic carbocycles. The van der Waals surface area contributed by atoms with Crippen LogP contribution in [-0.2, 0) is 11.2 Å². The van der Waals surface area contributed by atoms with Gasteiger partial charge in [-0.15, -0.1) is 0 Å². The van der Waals surface area contributed by atoms with E-state index in [1.165, 1.54) is 0 Å². The molecule has 2 heterocycles. The van der Waals surface area contributed by atoms with Crippen molar-refractivity contribution in [3.8, 4) is 0 Å². The fraction of sp³-hybridized carbons (Fsp3) is 0.615. The van der Waals surface area contributed by atoms with E-state index in [0.29, 0.717) is 0 Å². The van der Waals surface area contributed by atoms with E-state index in [-0.39, 0.29) is 11.4 Å². The Morgan fingerprint density at radius 2 is 2.28 bits per heavy atom. The van der Waals surface area contributed by atoms with Crippen LogP contribution in [-0.4, -0.2) is 47.0 Å². The number of likely N-dealkylation sites (N-methyl/N-ethyl adjacent to an activating group) is 1. The summed E-state index contributed by atoms with van der Waals surface area (Å²) in [7, 11) is 3.62. The lowest BCUT2D eigenvalue weighted by atomic mass is 9.81. The largest absolute Gasteiger partial charge is 0.347 e. The van der Waals surface area contributed by atoms with Crippen LogP contribution < -0.4 is 5.32 Å². The molecule has 0 bridgehead atoms. The van der Waals surface area contributed by atoms with E-state index in [2.05, 4.69) is 15.3 Å². The van der Waals surface area contributed by atoms with Crippen molar-refractivity contribution in [2.24, 2.45) is 0 Å². The van der Waals surface area contributed by atoms with Gasteiger partial charge >= 0.3 is 0 Å². The Morgan fingerprint density at radius 3 is 2.78 bits per heavy atom. The topological polar surface area (TPSA) is 58.1 Å². The summed E-state index contributed by atoms with van der Waals surface area (Å²) in [6, 6.07) is 0. The van der Waals surface area contributed by atoms with Crippen molar-refractivity contribution >= 4 is 5.91 Å². The van der Waals surface area contributed by atoms with Gasteiger partial charge in [0.2, 0.25) is 5.91 Å². The van der Waals surface area contributed by atoms with E-state index in [1.54, 1.807) is 23.5 Å².